The van der Waals surface area contributed by atoms with Gasteiger partial charge in [0.15, 0.2) is 17.6 Å². The van der Waals surface area contributed by atoms with Gasteiger partial charge in [0.25, 0.3) is 0 Å². The Morgan fingerprint density at radius 3 is 2.81 bits per heavy atom. The van der Waals surface area contributed by atoms with Gasteiger partial charge in [0, 0.05) is 24.6 Å². The number of fused-ring (bicyclic) bond motifs is 1. The summed E-state index contributed by atoms with van der Waals surface area (Å²) in [6.07, 6.45) is 4.16. The molecule has 144 valence electrons. The molecule has 5 aliphatic rings. The van der Waals surface area contributed by atoms with Crippen molar-refractivity contribution in [1.82, 2.24) is 4.90 Å². The molecule has 0 radical (unpaired) electrons. The molecule has 3 aliphatic heterocycles. The fourth-order valence-electron chi connectivity index (χ4n) is 6.74. The highest BCUT2D eigenvalue weighted by atomic mass is 16.8. The average molecular weight is 371 g/mol. The number of rotatable bonds is 2. The van der Waals surface area contributed by atoms with Crippen molar-refractivity contribution in [2.45, 2.75) is 54.6 Å². The number of aromatic hydroxyl groups is 1. The maximum atomic E-state index is 12.2. The Morgan fingerprint density at radius 2 is 2.04 bits per heavy atom. The summed E-state index contributed by atoms with van der Waals surface area (Å²) in [6, 6.07) is 3.70. The van der Waals surface area contributed by atoms with Crippen molar-refractivity contribution in [3.05, 3.63) is 35.9 Å². The molecule has 6 rings (SSSR count). The number of hydrogen-bond donors (Lipinski definition) is 2. The fourth-order valence-corrected chi connectivity index (χ4v) is 6.74. The first-order valence-electron chi connectivity index (χ1n) is 9.93. The standard InChI is InChI=1S/C21H25NO5/c1-2-8-22-9-7-19-16-13-3-4-14(23)17(16)27-18(19)21(25-10-11-26-21)6-5-20(19,24)15(22)12-13/h2-4,15,18,23-24H,1,5-12H2/t15-,18?,19-,20+/m0/s1. The van der Waals surface area contributed by atoms with Gasteiger partial charge >= 0.3 is 0 Å². The molecule has 2 saturated heterocycles. The zero-order valence-corrected chi connectivity index (χ0v) is 15.3. The van der Waals surface area contributed by atoms with Crippen LogP contribution in [0.5, 0.6) is 11.5 Å². The van der Waals surface area contributed by atoms with Crippen molar-refractivity contribution < 1.29 is 24.4 Å². The third-order valence-electron chi connectivity index (χ3n) is 7.72. The molecule has 2 aliphatic carbocycles. The number of piperidine rings is 1. The first-order valence-corrected chi connectivity index (χ1v) is 9.93. The largest absolute Gasteiger partial charge is 0.504 e. The first-order chi connectivity index (χ1) is 13.1. The Kier molecular flexibility index (Phi) is 3.06. The van der Waals surface area contributed by atoms with Gasteiger partial charge in [-0.2, -0.15) is 0 Å². The summed E-state index contributed by atoms with van der Waals surface area (Å²) in [4.78, 5) is 2.34. The minimum absolute atomic E-state index is 0.00269. The maximum absolute atomic E-state index is 12.2. The summed E-state index contributed by atoms with van der Waals surface area (Å²) in [5.41, 5.74) is 0.594. The van der Waals surface area contributed by atoms with E-state index in [0.717, 1.165) is 37.1 Å². The predicted octanol–water partition coefficient (Wildman–Crippen LogP) is 1.48. The molecule has 0 aromatic heterocycles. The second-order valence-electron chi connectivity index (χ2n) is 8.60. The van der Waals surface area contributed by atoms with Crippen LogP contribution in [0.25, 0.3) is 0 Å². The van der Waals surface area contributed by atoms with Crippen molar-refractivity contribution in [2.24, 2.45) is 0 Å². The van der Waals surface area contributed by atoms with Gasteiger partial charge in [-0.05, 0) is 37.4 Å². The molecule has 0 amide bonds. The smallest absolute Gasteiger partial charge is 0.207 e. The molecule has 3 heterocycles. The molecule has 2 N–H and O–H groups in total. The number of likely N-dealkylation sites (tertiary alicyclic amines) is 1. The van der Waals surface area contributed by atoms with Crippen LogP contribution in [0.2, 0.25) is 0 Å². The van der Waals surface area contributed by atoms with E-state index in [2.05, 4.69) is 11.5 Å². The molecule has 2 bridgehead atoms. The highest BCUT2D eigenvalue weighted by Crippen LogP contribution is 2.67. The Hall–Kier alpha value is -1.60. The number of aliphatic hydroxyl groups is 1. The molecule has 2 spiro atoms. The van der Waals surface area contributed by atoms with Crippen LogP contribution in [0.1, 0.15) is 30.4 Å². The summed E-state index contributed by atoms with van der Waals surface area (Å²) in [7, 11) is 0. The molecular weight excluding hydrogens is 346 g/mol. The minimum Gasteiger partial charge on any atom is -0.504 e. The third-order valence-corrected chi connectivity index (χ3v) is 7.72. The maximum Gasteiger partial charge on any atom is 0.207 e. The van der Waals surface area contributed by atoms with E-state index in [1.54, 1.807) is 6.07 Å². The number of ether oxygens (including phenoxy) is 3. The molecule has 27 heavy (non-hydrogen) atoms. The quantitative estimate of drug-likeness (QED) is 0.768. The van der Waals surface area contributed by atoms with Crippen LogP contribution < -0.4 is 4.74 Å². The normalized spacial score (nSPS) is 40.6. The molecule has 1 unspecified atom stereocenters. The van der Waals surface area contributed by atoms with Gasteiger partial charge < -0.3 is 24.4 Å². The van der Waals surface area contributed by atoms with Gasteiger partial charge in [0.05, 0.1) is 24.2 Å². The van der Waals surface area contributed by atoms with Gasteiger partial charge in [-0.15, -0.1) is 6.58 Å². The zero-order valence-electron chi connectivity index (χ0n) is 15.3. The number of phenols is 1. The van der Waals surface area contributed by atoms with Crippen LogP contribution in [0.4, 0.5) is 0 Å². The van der Waals surface area contributed by atoms with Crippen molar-refractivity contribution in [1.29, 1.82) is 0 Å². The van der Waals surface area contributed by atoms with Crippen molar-refractivity contribution in [2.75, 3.05) is 26.3 Å². The Morgan fingerprint density at radius 1 is 1.22 bits per heavy atom. The Bertz CT molecular complexity index is 834. The van der Waals surface area contributed by atoms with E-state index in [4.69, 9.17) is 14.2 Å². The molecule has 6 heteroatoms. The minimum atomic E-state index is -0.939. The summed E-state index contributed by atoms with van der Waals surface area (Å²) < 4.78 is 18.6. The lowest BCUT2D eigenvalue weighted by Gasteiger charge is -2.65. The topological polar surface area (TPSA) is 71.4 Å². The molecule has 6 nitrogen and oxygen atoms in total. The molecule has 4 atom stereocenters. The first kappa shape index (κ1) is 16.4. The number of hydrogen-bond acceptors (Lipinski definition) is 6. The Labute approximate surface area is 158 Å². The van der Waals surface area contributed by atoms with Crippen LogP contribution in [-0.2, 0) is 21.3 Å². The zero-order chi connectivity index (χ0) is 18.4. The lowest BCUT2D eigenvalue weighted by Crippen LogP contribution is -2.79. The molecule has 1 aromatic rings. The average Bonchev–Trinajstić information content (AvgIpc) is 3.26. The van der Waals surface area contributed by atoms with Gasteiger partial charge in [0.1, 0.15) is 0 Å². The lowest BCUT2D eigenvalue weighted by molar-refractivity contribution is -0.296. The van der Waals surface area contributed by atoms with Crippen molar-refractivity contribution in [3.8, 4) is 11.5 Å². The summed E-state index contributed by atoms with van der Waals surface area (Å²) in [6.45, 7) is 6.59. The van der Waals surface area contributed by atoms with Crippen molar-refractivity contribution >= 4 is 0 Å². The SMILES string of the molecule is C=CCN1CC[C@]23c4c5ccc(O)c4OC2C2(CC[C@@]3(O)[C@@H]1C5)OCCO2. The van der Waals surface area contributed by atoms with Crippen LogP contribution in [0.3, 0.4) is 0 Å². The van der Waals surface area contributed by atoms with Gasteiger partial charge in [-0.3, -0.25) is 4.90 Å². The summed E-state index contributed by atoms with van der Waals surface area (Å²) in [5.74, 6) is -0.177. The van der Waals surface area contributed by atoms with E-state index >= 15 is 0 Å². The van der Waals surface area contributed by atoms with E-state index in [9.17, 15) is 10.2 Å². The van der Waals surface area contributed by atoms with Gasteiger partial charge in [-0.1, -0.05) is 12.1 Å². The lowest BCUT2D eigenvalue weighted by atomic mass is 9.48. The molecular formula is C21H25NO5. The number of nitrogens with zero attached hydrogens (tertiary/aromatic N) is 1. The highest BCUT2D eigenvalue weighted by molar-refractivity contribution is 5.62. The molecule has 1 saturated carbocycles. The van der Waals surface area contributed by atoms with Crippen LogP contribution in [0, 0.1) is 0 Å². The summed E-state index contributed by atoms with van der Waals surface area (Å²) in [5, 5.41) is 22.7. The second kappa shape index (κ2) is 5.06. The number of phenolic OH excluding ortho intramolecular Hbond substituents is 1. The van der Waals surface area contributed by atoms with E-state index in [-0.39, 0.29) is 11.8 Å². The third kappa shape index (κ3) is 1.68. The highest BCUT2D eigenvalue weighted by Gasteiger charge is 2.77. The second-order valence-corrected chi connectivity index (χ2v) is 8.60. The van der Waals surface area contributed by atoms with E-state index in [1.165, 1.54) is 0 Å². The molecule has 1 aromatic carbocycles. The van der Waals surface area contributed by atoms with E-state index in [0.29, 0.717) is 31.8 Å². The summed E-state index contributed by atoms with van der Waals surface area (Å²) >= 11 is 0. The van der Waals surface area contributed by atoms with Crippen LogP contribution >= 0.6 is 0 Å². The van der Waals surface area contributed by atoms with Crippen LogP contribution in [0.15, 0.2) is 24.8 Å². The van der Waals surface area contributed by atoms with E-state index in [1.807, 2.05) is 12.1 Å². The van der Waals surface area contributed by atoms with E-state index < -0.39 is 22.9 Å². The van der Waals surface area contributed by atoms with Gasteiger partial charge in [-0.25, -0.2) is 0 Å². The van der Waals surface area contributed by atoms with Gasteiger partial charge in [0.2, 0.25) is 5.79 Å². The number of benzene rings is 1. The molecule has 3 fully saturated rings. The predicted molar refractivity (Wildman–Crippen MR) is 96.9 cm³/mol. The monoisotopic (exact) mass is 371 g/mol. The fraction of sp³-hybridized carbons (Fsp3) is 0.619. The van der Waals surface area contributed by atoms with Crippen LogP contribution in [-0.4, -0.2) is 65.0 Å². The van der Waals surface area contributed by atoms with Crippen molar-refractivity contribution in [3.63, 3.8) is 0 Å². The Balaban J connectivity index is 1.61.